The van der Waals surface area contributed by atoms with Crippen LogP contribution in [0.4, 0.5) is 0 Å². The number of carbonyl (C=O) groups excluding carboxylic acids is 1. The maximum atomic E-state index is 12.2. The van der Waals surface area contributed by atoms with Crippen molar-refractivity contribution in [2.45, 2.75) is 31.0 Å². The summed E-state index contributed by atoms with van der Waals surface area (Å²) in [5.41, 5.74) is 3.87. The van der Waals surface area contributed by atoms with Gasteiger partial charge in [0.2, 0.25) is 5.91 Å². The summed E-state index contributed by atoms with van der Waals surface area (Å²) >= 11 is 0. The lowest BCUT2D eigenvalue weighted by Gasteiger charge is -2.19. The molecule has 0 radical (unpaired) electrons. The van der Waals surface area contributed by atoms with Crippen LogP contribution in [-0.4, -0.2) is 46.8 Å². The monoisotopic (exact) mass is 502 g/mol. The van der Waals surface area contributed by atoms with Gasteiger partial charge in [0, 0.05) is 43.1 Å². The zero-order chi connectivity index (χ0) is 25.1. The number of amides is 1. The van der Waals surface area contributed by atoms with Gasteiger partial charge in [-0.15, -0.1) is 0 Å². The molecule has 5 rings (SSSR count). The first-order valence-electron chi connectivity index (χ1n) is 11.7. The average molecular weight is 503 g/mol. The normalized spacial score (nSPS) is 13.8. The summed E-state index contributed by atoms with van der Waals surface area (Å²) in [6, 6.07) is 19.0. The second-order valence-electron chi connectivity index (χ2n) is 8.86. The Labute approximate surface area is 210 Å². The average Bonchev–Trinajstić information content (AvgIpc) is 3.49. The van der Waals surface area contributed by atoms with Crippen LogP contribution in [-0.2, 0) is 27.7 Å². The maximum absolute atomic E-state index is 12.2. The molecule has 184 valence electrons. The molecular weight excluding hydrogens is 476 g/mol. The number of likely N-dealkylation sites (tertiary alicyclic amines) is 1. The van der Waals surface area contributed by atoms with E-state index in [1.54, 1.807) is 6.07 Å². The Bertz CT molecular complexity index is 1480. The van der Waals surface area contributed by atoms with Crippen LogP contribution >= 0.6 is 0 Å². The smallest absolute Gasteiger partial charge is 0.222 e. The molecule has 1 aliphatic rings. The van der Waals surface area contributed by atoms with Gasteiger partial charge in [0.05, 0.1) is 18.9 Å². The fraction of sp³-hybridized carbons (Fsp3) is 0.222. The molecule has 9 heteroatoms. The largest absolute Gasteiger partial charge is 0.455 e. The van der Waals surface area contributed by atoms with E-state index in [1.807, 2.05) is 58.4 Å². The number of benzene rings is 2. The lowest BCUT2D eigenvalue weighted by atomic mass is 10.1. The van der Waals surface area contributed by atoms with Crippen LogP contribution in [0.5, 0.6) is 11.5 Å². The van der Waals surface area contributed by atoms with E-state index in [4.69, 9.17) is 4.74 Å². The molecule has 0 aliphatic carbocycles. The molecule has 1 saturated heterocycles. The minimum atomic E-state index is -3.41. The van der Waals surface area contributed by atoms with Crippen molar-refractivity contribution in [3.8, 4) is 22.6 Å². The fourth-order valence-electron chi connectivity index (χ4n) is 4.18. The van der Waals surface area contributed by atoms with Gasteiger partial charge in [-0.25, -0.2) is 13.4 Å². The lowest BCUT2D eigenvalue weighted by molar-refractivity contribution is -0.128. The molecule has 1 amide bonds. The number of nitrogens with zero attached hydrogens (tertiary/aromatic N) is 4. The third-order valence-electron chi connectivity index (χ3n) is 6.07. The number of carbonyl (C=O) groups is 1. The van der Waals surface area contributed by atoms with Crippen molar-refractivity contribution in [3.05, 3.63) is 90.4 Å². The molecule has 0 spiro atoms. The third kappa shape index (κ3) is 5.46. The van der Waals surface area contributed by atoms with Gasteiger partial charge in [0.25, 0.3) is 0 Å². The van der Waals surface area contributed by atoms with Crippen LogP contribution < -0.4 is 4.74 Å². The lowest BCUT2D eigenvalue weighted by Crippen LogP contribution is -2.24. The zero-order valence-electron chi connectivity index (χ0n) is 19.9. The van der Waals surface area contributed by atoms with E-state index in [0.29, 0.717) is 31.0 Å². The highest BCUT2D eigenvalue weighted by molar-refractivity contribution is 7.90. The second-order valence-corrected chi connectivity index (χ2v) is 10.8. The Morgan fingerprint density at radius 2 is 1.81 bits per heavy atom. The van der Waals surface area contributed by atoms with Crippen molar-refractivity contribution in [3.63, 3.8) is 0 Å². The summed E-state index contributed by atoms with van der Waals surface area (Å²) in [4.78, 5) is 18.1. The minimum Gasteiger partial charge on any atom is -0.455 e. The van der Waals surface area contributed by atoms with E-state index in [1.165, 1.54) is 12.3 Å². The van der Waals surface area contributed by atoms with Crippen LogP contribution in [0.25, 0.3) is 11.1 Å². The number of aromatic nitrogens is 3. The van der Waals surface area contributed by atoms with Crippen LogP contribution in [0.3, 0.4) is 0 Å². The summed E-state index contributed by atoms with van der Waals surface area (Å²) in [6.07, 6.45) is 7.72. The van der Waals surface area contributed by atoms with Gasteiger partial charge >= 0.3 is 0 Å². The highest BCUT2D eigenvalue weighted by Gasteiger charge is 2.22. The molecular formula is C27H26N4O4S. The number of ether oxygens (including phenoxy) is 1. The molecule has 3 heterocycles. The van der Waals surface area contributed by atoms with Crippen LogP contribution in [0.1, 0.15) is 24.0 Å². The Hall–Kier alpha value is -3.98. The third-order valence-corrected chi connectivity index (χ3v) is 7.07. The van der Waals surface area contributed by atoms with Crippen molar-refractivity contribution in [1.29, 1.82) is 0 Å². The van der Waals surface area contributed by atoms with Crippen LogP contribution in [0, 0.1) is 0 Å². The van der Waals surface area contributed by atoms with Crippen molar-refractivity contribution >= 4 is 15.7 Å². The van der Waals surface area contributed by atoms with Crippen molar-refractivity contribution in [2.24, 2.45) is 0 Å². The predicted octanol–water partition coefficient (Wildman–Crippen LogP) is 4.31. The van der Waals surface area contributed by atoms with Crippen molar-refractivity contribution in [2.75, 3.05) is 12.8 Å². The first-order chi connectivity index (χ1) is 17.3. The minimum absolute atomic E-state index is 0.0164. The Balaban J connectivity index is 1.44. The molecule has 0 saturated carbocycles. The maximum Gasteiger partial charge on any atom is 0.222 e. The summed E-state index contributed by atoms with van der Waals surface area (Å²) in [6.45, 7) is 1.82. The van der Waals surface area contributed by atoms with Gasteiger partial charge in [-0.1, -0.05) is 42.5 Å². The predicted molar refractivity (Wildman–Crippen MR) is 135 cm³/mol. The van der Waals surface area contributed by atoms with Crippen LogP contribution in [0.15, 0.2) is 84.3 Å². The number of sulfone groups is 1. The Morgan fingerprint density at radius 3 is 2.50 bits per heavy atom. The van der Waals surface area contributed by atoms with Gasteiger partial charge in [-0.3, -0.25) is 9.48 Å². The van der Waals surface area contributed by atoms with Crippen LogP contribution in [0.2, 0.25) is 0 Å². The molecule has 0 unspecified atom stereocenters. The molecule has 36 heavy (non-hydrogen) atoms. The van der Waals surface area contributed by atoms with Gasteiger partial charge in [-0.2, -0.15) is 5.10 Å². The topological polar surface area (TPSA) is 94.4 Å². The number of rotatable bonds is 8. The van der Waals surface area contributed by atoms with Gasteiger partial charge in [-0.05, 0) is 35.7 Å². The standard InChI is InChI=1S/C27H26N4O4S/c1-36(33,34)26-12-11-24(16-28-26)35-25-14-21(9-10-22(25)18-30-13-5-8-27(30)32)23-15-29-31(19-23)17-20-6-3-2-4-7-20/h2-4,6-7,9-12,14-16,19H,5,8,13,17-18H2,1H3. The summed E-state index contributed by atoms with van der Waals surface area (Å²) < 4.78 is 31.6. The van der Waals surface area contributed by atoms with Gasteiger partial charge in [0.1, 0.15) is 11.5 Å². The molecule has 0 bridgehead atoms. The first kappa shape index (κ1) is 23.7. The molecule has 2 aromatic carbocycles. The molecule has 4 aromatic rings. The fourth-order valence-corrected chi connectivity index (χ4v) is 4.74. The highest BCUT2D eigenvalue weighted by Crippen LogP contribution is 2.32. The number of pyridine rings is 1. The van der Waals surface area contributed by atoms with E-state index in [2.05, 4.69) is 22.2 Å². The van der Waals surface area contributed by atoms with Gasteiger partial charge in [0.15, 0.2) is 14.9 Å². The SMILES string of the molecule is CS(=O)(=O)c1ccc(Oc2cc(-c3cnn(Cc4ccccc4)c3)ccc2CN2CCCC2=O)cn1. The van der Waals surface area contributed by atoms with E-state index in [-0.39, 0.29) is 10.9 Å². The Kier molecular flexibility index (Phi) is 6.56. The summed E-state index contributed by atoms with van der Waals surface area (Å²) in [5, 5.41) is 4.49. The summed E-state index contributed by atoms with van der Waals surface area (Å²) in [7, 11) is -3.41. The number of hydrogen-bond donors (Lipinski definition) is 0. The van der Waals surface area contributed by atoms with E-state index in [0.717, 1.165) is 41.5 Å². The van der Waals surface area contributed by atoms with Gasteiger partial charge < -0.3 is 9.64 Å². The number of hydrogen-bond acceptors (Lipinski definition) is 6. The first-order valence-corrected chi connectivity index (χ1v) is 13.6. The molecule has 0 N–H and O–H groups in total. The molecule has 8 nitrogen and oxygen atoms in total. The van der Waals surface area contributed by atoms with E-state index in [9.17, 15) is 13.2 Å². The molecule has 1 fully saturated rings. The highest BCUT2D eigenvalue weighted by atomic mass is 32.2. The summed E-state index contributed by atoms with van der Waals surface area (Å²) in [5.74, 6) is 1.12. The van der Waals surface area contributed by atoms with Crippen molar-refractivity contribution < 1.29 is 17.9 Å². The quantitative estimate of drug-likeness (QED) is 0.356. The van der Waals surface area contributed by atoms with E-state index >= 15 is 0 Å². The molecule has 1 aliphatic heterocycles. The zero-order valence-corrected chi connectivity index (χ0v) is 20.7. The van der Waals surface area contributed by atoms with Crippen molar-refractivity contribution in [1.82, 2.24) is 19.7 Å². The Morgan fingerprint density at radius 1 is 0.972 bits per heavy atom. The second kappa shape index (κ2) is 9.94. The van der Waals surface area contributed by atoms with E-state index < -0.39 is 9.84 Å². The molecule has 2 aromatic heterocycles. The molecule has 0 atom stereocenters.